The zero-order valence-electron chi connectivity index (χ0n) is 14.1. The summed E-state index contributed by atoms with van der Waals surface area (Å²) in [5.41, 5.74) is 2.82. The van der Waals surface area contributed by atoms with Gasteiger partial charge in [0, 0.05) is 18.6 Å². The number of carbonyl (C=O) groups excluding carboxylic acids is 1. The van der Waals surface area contributed by atoms with Crippen LogP contribution in [0.25, 0.3) is 0 Å². The van der Waals surface area contributed by atoms with Crippen molar-refractivity contribution >= 4 is 5.91 Å². The molecule has 0 fully saturated rings. The SMILES string of the molecule is CCOCC(=O)NC[C@H](c1ccco1)[NH+]1CCc2ccccc2C1. The lowest BCUT2D eigenvalue weighted by atomic mass is 9.98. The van der Waals surface area contributed by atoms with E-state index in [9.17, 15) is 4.79 Å². The predicted octanol–water partition coefficient (Wildman–Crippen LogP) is 1.11. The fourth-order valence-corrected chi connectivity index (χ4v) is 3.30. The van der Waals surface area contributed by atoms with Crippen LogP contribution in [0.2, 0.25) is 0 Å². The van der Waals surface area contributed by atoms with Crippen molar-refractivity contribution in [2.24, 2.45) is 0 Å². The van der Waals surface area contributed by atoms with Gasteiger partial charge in [-0.3, -0.25) is 4.79 Å². The van der Waals surface area contributed by atoms with Gasteiger partial charge in [-0.05, 0) is 24.6 Å². The second kappa shape index (κ2) is 8.13. The van der Waals surface area contributed by atoms with Gasteiger partial charge in [-0.1, -0.05) is 24.3 Å². The first kappa shape index (κ1) is 16.7. The molecule has 0 radical (unpaired) electrons. The second-order valence-corrected chi connectivity index (χ2v) is 6.11. The summed E-state index contributed by atoms with van der Waals surface area (Å²) in [5, 5.41) is 2.98. The van der Waals surface area contributed by atoms with Gasteiger partial charge in [0.2, 0.25) is 5.91 Å². The molecule has 1 aliphatic heterocycles. The Hall–Kier alpha value is -2.11. The lowest BCUT2D eigenvalue weighted by molar-refractivity contribution is -0.946. The third-order valence-corrected chi connectivity index (χ3v) is 4.57. The van der Waals surface area contributed by atoms with E-state index in [1.54, 1.807) is 6.26 Å². The normalized spacial score (nSPS) is 18.0. The Labute approximate surface area is 142 Å². The minimum Gasteiger partial charge on any atom is -0.463 e. The molecule has 0 saturated heterocycles. The van der Waals surface area contributed by atoms with Crippen LogP contribution in [0.5, 0.6) is 0 Å². The molecule has 0 aliphatic carbocycles. The number of benzene rings is 1. The molecule has 1 unspecified atom stereocenters. The van der Waals surface area contributed by atoms with Crippen LogP contribution in [0.3, 0.4) is 0 Å². The molecule has 0 bridgehead atoms. The highest BCUT2D eigenvalue weighted by molar-refractivity contribution is 5.77. The topological polar surface area (TPSA) is 55.9 Å². The van der Waals surface area contributed by atoms with Crippen molar-refractivity contribution in [3.63, 3.8) is 0 Å². The zero-order valence-corrected chi connectivity index (χ0v) is 14.1. The minimum absolute atomic E-state index is 0.0785. The van der Waals surface area contributed by atoms with Crippen LogP contribution in [-0.4, -0.2) is 32.2 Å². The first-order chi connectivity index (χ1) is 11.8. The summed E-state index contributed by atoms with van der Waals surface area (Å²) < 4.78 is 10.8. The molecule has 3 rings (SSSR count). The van der Waals surface area contributed by atoms with Gasteiger partial charge < -0.3 is 19.4 Å². The van der Waals surface area contributed by atoms with E-state index in [-0.39, 0.29) is 18.6 Å². The minimum atomic E-state index is -0.0785. The van der Waals surface area contributed by atoms with Gasteiger partial charge in [-0.25, -0.2) is 0 Å². The van der Waals surface area contributed by atoms with E-state index in [1.165, 1.54) is 16.0 Å². The molecule has 2 atom stereocenters. The largest absolute Gasteiger partial charge is 0.463 e. The Kier molecular flexibility index (Phi) is 5.67. The smallest absolute Gasteiger partial charge is 0.246 e. The van der Waals surface area contributed by atoms with Gasteiger partial charge in [-0.2, -0.15) is 0 Å². The van der Waals surface area contributed by atoms with E-state index < -0.39 is 0 Å². The maximum absolute atomic E-state index is 11.9. The fourth-order valence-electron chi connectivity index (χ4n) is 3.30. The molecule has 2 aromatic rings. The van der Waals surface area contributed by atoms with Crippen molar-refractivity contribution in [1.82, 2.24) is 5.32 Å². The number of furan rings is 1. The molecule has 128 valence electrons. The van der Waals surface area contributed by atoms with Crippen molar-refractivity contribution in [1.29, 1.82) is 0 Å². The summed E-state index contributed by atoms with van der Waals surface area (Å²) >= 11 is 0. The number of amides is 1. The number of fused-ring (bicyclic) bond motifs is 1. The highest BCUT2D eigenvalue weighted by atomic mass is 16.5. The van der Waals surface area contributed by atoms with Crippen LogP contribution >= 0.6 is 0 Å². The van der Waals surface area contributed by atoms with E-state index in [2.05, 4.69) is 29.6 Å². The third-order valence-electron chi connectivity index (χ3n) is 4.57. The molecule has 2 heterocycles. The average molecular weight is 329 g/mol. The van der Waals surface area contributed by atoms with Crippen LogP contribution in [0.15, 0.2) is 47.1 Å². The molecular formula is C19H25N2O3+. The molecule has 1 aromatic carbocycles. The van der Waals surface area contributed by atoms with Gasteiger partial charge in [-0.15, -0.1) is 0 Å². The van der Waals surface area contributed by atoms with Crippen LogP contribution in [0.4, 0.5) is 0 Å². The predicted molar refractivity (Wildman–Crippen MR) is 90.6 cm³/mol. The maximum Gasteiger partial charge on any atom is 0.246 e. The molecule has 24 heavy (non-hydrogen) atoms. The summed E-state index contributed by atoms with van der Waals surface area (Å²) in [6.45, 7) is 5.07. The van der Waals surface area contributed by atoms with Crippen molar-refractivity contribution in [2.75, 3.05) is 26.3 Å². The van der Waals surface area contributed by atoms with Crippen molar-refractivity contribution in [3.05, 3.63) is 59.5 Å². The van der Waals surface area contributed by atoms with Gasteiger partial charge in [0.25, 0.3) is 0 Å². The van der Waals surface area contributed by atoms with Crippen LogP contribution < -0.4 is 10.2 Å². The standard InChI is InChI=1S/C19H24N2O3/c1-2-23-14-19(22)20-12-17(18-8-5-11-24-18)21-10-9-15-6-3-4-7-16(15)13-21/h3-8,11,17H,2,9-10,12-14H2,1H3,(H,20,22)/p+1/t17-/m1/s1. The van der Waals surface area contributed by atoms with Gasteiger partial charge in [0.15, 0.2) is 11.8 Å². The summed E-state index contributed by atoms with van der Waals surface area (Å²) in [5.74, 6) is 0.839. The van der Waals surface area contributed by atoms with Gasteiger partial charge in [0.05, 0.1) is 19.4 Å². The Bertz CT molecular complexity index is 654. The highest BCUT2D eigenvalue weighted by Gasteiger charge is 2.30. The molecule has 5 heteroatoms. The maximum atomic E-state index is 11.9. The number of hydrogen-bond acceptors (Lipinski definition) is 3. The Morgan fingerprint density at radius 3 is 2.88 bits per heavy atom. The Morgan fingerprint density at radius 2 is 2.12 bits per heavy atom. The number of rotatable bonds is 7. The van der Waals surface area contributed by atoms with E-state index >= 15 is 0 Å². The van der Waals surface area contributed by atoms with Gasteiger partial charge in [0.1, 0.15) is 13.2 Å². The average Bonchev–Trinajstić information content (AvgIpc) is 3.14. The van der Waals surface area contributed by atoms with E-state index in [0.717, 1.165) is 25.3 Å². The number of nitrogens with one attached hydrogen (secondary N) is 2. The van der Waals surface area contributed by atoms with Crippen molar-refractivity contribution < 1.29 is 18.8 Å². The highest BCUT2D eigenvalue weighted by Crippen LogP contribution is 2.15. The zero-order chi connectivity index (χ0) is 16.8. The monoisotopic (exact) mass is 329 g/mol. The van der Waals surface area contributed by atoms with Crippen molar-refractivity contribution in [2.45, 2.75) is 25.9 Å². The van der Waals surface area contributed by atoms with E-state index in [1.807, 2.05) is 19.1 Å². The number of hydrogen-bond donors (Lipinski definition) is 2. The molecule has 0 spiro atoms. The summed E-state index contributed by atoms with van der Waals surface area (Å²) in [6, 6.07) is 12.6. The third kappa shape index (κ3) is 4.04. The molecule has 1 aliphatic rings. The quantitative estimate of drug-likeness (QED) is 0.800. The molecule has 1 aromatic heterocycles. The number of carbonyl (C=O) groups is 1. The first-order valence-electron chi connectivity index (χ1n) is 8.57. The second-order valence-electron chi connectivity index (χ2n) is 6.11. The first-order valence-corrected chi connectivity index (χ1v) is 8.57. The fraction of sp³-hybridized carbons (Fsp3) is 0.421. The van der Waals surface area contributed by atoms with Crippen LogP contribution in [0, 0.1) is 0 Å². The molecule has 1 amide bonds. The number of ether oxygens (including phenoxy) is 1. The van der Waals surface area contributed by atoms with E-state index in [0.29, 0.717) is 13.2 Å². The molecule has 2 N–H and O–H groups in total. The van der Waals surface area contributed by atoms with Crippen molar-refractivity contribution in [3.8, 4) is 0 Å². The Morgan fingerprint density at radius 1 is 1.29 bits per heavy atom. The molecule has 5 nitrogen and oxygen atoms in total. The number of quaternary nitrogens is 1. The molecule has 0 saturated carbocycles. The van der Waals surface area contributed by atoms with Crippen LogP contribution in [0.1, 0.15) is 29.9 Å². The van der Waals surface area contributed by atoms with E-state index in [4.69, 9.17) is 9.15 Å². The molecular weight excluding hydrogens is 304 g/mol. The van der Waals surface area contributed by atoms with Gasteiger partial charge >= 0.3 is 0 Å². The Balaban J connectivity index is 1.68. The summed E-state index contributed by atoms with van der Waals surface area (Å²) in [7, 11) is 0. The summed E-state index contributed by atoms with van der Waals surface area (Å²) in [6.07, 6.45) is 2.75. The lowest BCUT2D eigenvalue weighted by Crippen LogP contribution is -3.12. The van der Waals surface area contributed by atoms with Crippen LogP contribution in [-0.2, 0) is 22.5 Å². The summed E-state index contributed by atoms with van der Waals surface area (Å²) in [4.78, 5) is 13.3. The lowest BCUT2D eigenvalue weighted by Gasteiger charge is -2.31.